The number of aromatic nitrogens is 4. The van der Waals surface area contributed by atoms with Crippen LogP contribution in [0.2, 0.25) is 0 Å². The van der Waals surface area contributed by atoms with Crippen LogP contribution in [0.25, 0.3) is 113 Å². The van der Waals surface area contributed by atoms with Crippen LogP contribution in [0.15, 0.2) is 170 Å². The van der Waals surface area contributed by atoms with Gasteiger partial charge in [0.25, 0.3) is 0 Å². The Bertz CT molecular complexity index is 3430. The minimum absolute atomic E-state index is 0.645. The summed E-state index contributed by atoms with van der Waals surface area (Å²) in [5.74, 6) is 1.97. The van der Waals surface area contributed by atoms with Crippen molar-refractivity contribution in [2.45, 2.75) is 0 Å². The third-order valence-electron chi connectivity index (χ3n) is 10.9. The fourth-order valence-corrected chi connectivity index (χ4v) is 11.0. The molecule has 0 aliphatic heterocycles. The van der Waals surface area contributed by atoms with E-state index in [-0.39, 0.29) is 0 Å². The first-order valence-electron chi connectivity index (χ1n) is 18.4. The van der Waals surface area contributed by atoms with E-state index < -0.39 is 0 Å². The van der Waals surface area contributed by atoms with Crippen molar-refractivity contribution in [3.8, 4) is 39.9 Å². The maximum atomic E-state index is 5.29. The molecule has 0 saturated carbocycles. The van der Waals surface area contributed by atoms with Gasteiger partial charge in [0.2, 0.25) is 0 Å². The predicted octanol–water partition coefficient (Wildman–Crippen LogP) is 13.9. The first-order valence-corrected chi connectivity index (χ1v) is 20.0. The number of hydrogen-bond donors (Lipinski definition) is 0. The van der Waals surface area contributed by atoms with Gasteiger partial charge in [-0.15, -0.1) is 22.7 Å². The van der Waals surface area contributed by atoms with Crippen LogP contribution in [-0.4, -0.2) is 19.5 Å². The smallest absolute Gasteiger partial charge is 0.164 e. The van der Waals surface area contributed by atoms with Gasteiger partial charge in [0.05, 0.1) is 11.0 Å². The summed E-state index contributed by atoms with van der Waals surface area (Å²) in [5, 5.41) is 10.2. The largest absolute Gasteiger partial charge is 0.309 e. The molecule has 6 heteroatoms. The molecule has 0 spiro atoms. The maximum Gasteiger partial charge on any atom is 0.164 e. The second-order valence-electron chi connectivity index (χ2n) is 13.9. The molecule has 0 fully saturated rings. The first-order chi connectivity index (χ1) is 27.3. The van der Waals surface area contributed by atoms with E-state index in [9.17, 15) is 0 Å². The van der Waals surface area contributed by atoms with Gasteiger partial charge < -0.3 is 4.57 Å². The van der Waals surface area contributed by atoms with Crippen LogP contribution in [0.1, 0.15) is 0 Å². The normalized spacial score (nSPS) is 12.0. The van der Waals surface area contributed by atoms with Crippen molar-refractivity contribution in [2.75, 3.05) is 0 Å². The molecular formula is C49H28N4S2. The van der Waals surface area contributed by atoms with Gasteiger partial charge in [0.15, 0.2) is 17.5 Å². The van der Waals surface area contributed by atoms with E-state index in [0.29, 0.717) is 17.5 Å². The van der Waals surface area contributed by atoms with E-state index in [0.717, 1.165) is 22.4 Å². The van der Waals surface area contributed by atoms with E-state index >= 15 is 0 Å². The van der Waals surface area contributed by atoms with Gasteiger partial charge in [-0.05, 0) is 53.9 Å². The van der Waals surface area contributed by atoms with Crippen LogP contribution in [0, 0.1) is 0 Å². The van der Waals surface area contributed by atoms with E-state index in [1.807, 2.05) is 40.9 Å². The zero-order chi connectivity index (χ0) is 36.0. The van der Waals surface area contributed by atoms with E-state index in [4.69, 9.17) is 15.0 Å². The van der Waals surface area contributed by atoms with Gasteiger partial charge in [-0.2, -0.15) is 0 Å². The molecule has 256 valence electrons. The summed E-state index contributed by atoms with van der Waals surface area (Å²) in [4.78, 5) is 15.6. The van der Waals surface area contributed by atoms with Crippen molar-refractivity contribution in [2.24, 2.45) is 0 Å². The highest BCUT2D eigenvalue weighted by molar-refractivity contribution is 7.30. The summed E-state index contributed by atoms with van der Waals surface area (Å²) in [5.41, 5.74) is 6.36. The molecule has 0 radical (unpaired) electrons. The van der Waals surface area contributed by atoms with Crippen molar-refractivity contribution in [3.05, 3.63) is 170 Å². The highest BCUT2D eigenvalue weighted by atomic mass is 32.1. The number of rotatable bonds is 4. The van der Waals surface area contributed by atoms with Crippen molar-refractivity contribution in [1.29, 1.82) is 0 Å². The second-order valence-corrected chi connectivity index (χ2v) is 16.0. The molecule has 0 aliphatic rings. The van der Waals surface area contributed by atoms with Crippen molar-refractivity contribution in [3.63, 3.8) is 0 Å². The van der Waals surface area contributed by atoms with Crippen molar-refractivity contribution in [1.82, 2.24) is 19.5 Å². The SMILES string of the molecule is c1ccc(-c2nc(-c3ccc(-n4c5ccccc5c5ccccc54)cc3)nc(-c3cccc4sc5c6ccccc6c6c7ccccc7sc6c5c34)n2)cc1. The highest BCUT2D eigenvalue weighted by Crippen LogP contribution is 2.50. The van der Waals surface area contributed by atoms with Gasteiger partial charge >= 0.3 is 0 Å². The summed E-state index contributed by atoms with van der Waals surface area (Å²) in [6.07, 6.45) is 0. The molecular weight excluding hydrogens is 709 g/mol. The molecule has 0 amide bonds. The Morgan fingerprint density at radius 1 is 0.345 bits per heavy atom. The Labute approximate surface area is 323 Å². The number of thiophene rings is 2. The molecule has 0 saturated heterocycles. The molecule has 0 bridgehead atoms. The molecule has 0 unspecified atom stereocenters. The van der Waals surface area contributed by atoms with Crippen LogP contribution in [-0.2, 0) is 0 Å². The third-order valence-corrected chi connectivity index (χ3v) is 13.2. The van der Waals surface area contributed by atoms with Gasteiger partial charge in [-0.25, -0.2) is 15.0 Å². The molecule has 0 aliphatic carbocycles. The molecule has 0 atom stereocenters. The van der Waals surface area contributed by atoms with E-state index in [1.54, 1.807) is 0 Å². The molecule has 12 rings (SSSR count). The summed E-state index contributed by atoms with van der Waals surface area (Å²) in [6, 6.07) is 60.3. The quantitative estimate of drug-likeness (QED) is 0.181. The number of nitrogens with zero attached hydrogens (tertiary/aromatic N) is 4. The summed E-state index contributed by atoms with van der Waals surface area (Å²) in [7, 11) is 0. The average Bonchev–Trinajstić information content (AvgIpc) is 3.94. The number of para-hydroxylation sites is 2. The van der Waals surface area contributed by atoms with Crippen LogP contribution in [0.4, 0.5) is 0 Å². The molecule has 0 N–H and O–H groups in total. The van der Waals surface area contributed by atoms with Gasteiger partial charge in [-0.1, -0.05) is 121 Å². The summed E-state index contributed by atoms with van der Waals surface area (Å²) < 4.78 is 7.47. The Kier molecular flexibility index (Phi) is 6.64. The summed E-state index contributed by atoms with van der Waals surface area (Å²) >= 11 is 3.74. The van der Waals surface area contributed by atoms with Crippen LogP contribution >= 0.6 is 22.7 Å². The zero-order valence-electron chi connectivity index (χ0n) is 29.3. The molecule has 4 aromatic heterocycles. The lowest BCUT2D eigenvalue weighted by Gasteiger charge is -2.11. The standard InChI is InChI=1S/C49H28N4S2/c1-2-13-29(14-3-1)47-50-48(30-25-27-31(28-26-30)53-38-21-9-6-15-32(38)33-16-7-10-22-39(33)53)52-49(51-47)37-20-12-24-41-43(37)44-45(55-41)35-18-5-4-17-34(35)42-36-19-8-11-23-40(36)54-46(42)44/h1-28H. The minimum Gasteiger partial charge on any atom is -0.309 e. The Balaban J connectivity index is 1.10. The molecule has 55 heavy (non-hydrogen) atoms. The number of hydrogen-bond acceptors (Lipinski definition) is 5. The Morgan fingerprint density at radius 3 is 1.62 bits per heavy atom. The van der Waals surface area contributed by atoms with Crippen molar-refractivity contribution < 1.29 is 0 Å². The molecule has 4 heterocycles. The average molecular weight is 737 g/mol. The predicted molar refractivity (Wildman–Crippen MR) is 234 cm³/mol. The number of benzene rings is 8. The zero-order valence-corrected chi connectivity index (χ0v) is 30.9. The molecule has 12 aromatic rings. The lowest BCUT2D eigenvalue weighted by molar-refractivity contribution is 1.07. The molecule has 4 nitrogen and oxygen atoms in total. The lowest BCUT2D eigenvalue weighted by Crippen LogP contribution is -2.01. The monoisotopic (exact) mass is 736 g/mol. The van der Waals surface area contributed by atoms with Crippen LogP contribution in [0.3, 0.4) is 0 Å². The van der Waals surface area contributed by atoms with Gasteiger partial charge in [0.1, 0.15) is 0 Å². The fraction of sp³-hybridized carbons (Fsp3) is 0. The second kappa shape index (κ2) is 11.9. The van der Waals surface area contributed by atoms with E-state index in [2.05, 4.69) is 156 Å². The fourth-order valence-electron chi connectivity index (χ4n) is 8.43. The van der Waals surface area contributed by atoms with Crippen LogP contribution in [0.5, 0.6) is 0 Å². The van der Waals surface area contributed by atoms with Crippen molar-refractivity contribution >= 4 is 95.6 Å². The first kappa shape index (κ1) is 30.7. The third kappa shape index (κ3) is 4.59. The van der Waals surface area contributed by atoms with Gasteiger partial charge in [-0.3, -0.25) is 0 Å². The minimum atomic E-state index is 0.645. The molecule has 8 aromatic carbocycles. The Hall–Kier alpha value is -6.73. The highest BCUT2D eigenvalue weighted by Gasteiger charge is 2.22. The Morgan fingerprint density at radius 2 is 0.891 bits per heavy atom. The van der Waals surface area contributed by atoms with Crippen LogP contribution < -0.4 is 0 Å². The summed E-state index contributed by atoms with van der Waals surface area (Å²) in [6.45, 7) is 0. The number of fused-ring (bicyclic) bond motifs is 13. The van der Waals surface area contributed by atoms with Gasteiger partial charge in [0, 0.05) is 78.9 Å². The topological polar surface area (TPSA) is 43.6 Å². The van der Waals surface area contributed by atoms with E-state index in [1.165, 1.54) is 72.9 Å². The maximum absolute atomic E-state index is 5.29. The lowest BCUT2D eigenvalue weighted by atomic mass is 9.98.